The average molecular weight is 271 g/mol. The minimum absolute atomic E-state index is 0.370. The molecule has 0 bridgehead atoms. The first-order chi connectivity index (χ1) is 8.33. The third-order valence-electron chi connectivity index (χ3n) is 2.68. The van der Waals surface area contributed by atoms with Crippen molar-refractivity contribution < 1.29 is 4.74 Å². The maximum atomic E-state index is 5.05. The third-order valence-corrected chi connectivity index (χ3v) is 4.26. The van der Waals surface area contributed by atoms with E-state index < -0.39 is 0 Å². The zero-order chi connectivity index (χ0) is 12.1. The fraction of sp³-hybridized carbons (Fsp3) is 0.636. The van der Waals surface area contributed by atoms with Crippen LogP contribution in [0.15, 0.2) is 11.1 Å². The molecule has 0 spiro atoms. The van der Waals surface area contributed by atoms with E-state index in [0.717, 1.165) is 36.0 Å². The van der Waals surface area contributed by atoms with Gasteiger partial charge in [0.05, 0.1) is 18.3 Å². The molecule has 1 aliphatic rings. The number of thioether (sulfide) groups is 1. The molecule has 0 saturated heterocycles. The Balaban J connectivity index is 2.10. The number of ether oxygens (including phenoxy) is 1. The Kier molecular flexibility index (Phi) is 4.97. The van der Waals surface area contributed by atoms with E-state index in [1.54, 1.807) is 18.9 Å². The molecule has 1 N–H and O–H groups in total. The number of aromatic nitrogens is 2. The minimum Gasteiger partial charge on any atom is -0.384 e. The van der Waals surface area contributed by atoms with Gasteiger partial charge in [-0.05, 0) is 25.5 Å². The molecule has 4 nitrogen and oxygen atoms in total. The Hall–Kier alpha value is -0.430. The van der Waals surface area contributed by atoms with Gasteiger partial charge in [0.25, 0.3) is 0 Å². The van der Waals surface area contributed by atoms with Crippen LogP contribution in [0, 0.1) is 0 Å². The summed E-state index contributed by atoms with van der Waals surface area (Å²) >= 11 is 3.01. The van der Waals surface area contributed by atoms with Gasteiger partial charge in [-0.25, -0.2) is 0 Å². The number of hydrogen-bond acceptors (Lipinski definition) is 6. The van der Waals surface area contributed by atoms with Crippen molar-refractivity contribution in [1.82, 2.24) is 14.1 Å². The van der Waals surface area contributed by atoms with Crippen LogP contribution in [0.2, 0.25) is 0 Å². The van der Waals surface area contributed by atoms with Gasteiger partial charge in [-0.2, -0.15) is 8.75 Å². The Labute approximate surface area is 110 Å². The lowest BCUT2D eigenvalue weighted by molar-refractivity contribution is 0.218. The van der Waals surface area contributed by atoms with E-state index in [0.29, 0.717) is 6.04 Å². The van der Waals surface area contributed by atoms with E-state index in [9.17, 15) is 0 Å². The van der Waals surface area contributed by atoms with Crippen LogP contribution in [0.3, 0.4) is 0 Å². The lowest BCUT2D eigenvalue weighted by Crippen LogP contribution is -2.31. The third kappa shape index (κ3) is 3.28. The van der Waals surface area contributed by atoms with Gasteiger partial charge in [-0.3, -0.25) is 0 Å². The average Bonchev–Trinajstić information content (AvgIpc) is 2.78. The summed E-state index contributed by atoms with van der Waals surface area (Å²) in [4.78, 5) is 0. The molecular weight excluding hydrogens is 254 g/mol. The van der Waals surface area contributed by atoms with Crippen LogP contribution in [0.5, 0.6) is 0 Å². The summed E-state index contributed by atoms with van der Waals surface area (Å²) in [6, 6.07) is 0.370. The normalized spacial score (nSPS) is 20.4. The zero-order valence-electron chi connectivity index (χ0n) is 10.1. The Morgan fingerprint density at radius 3 is 3.24 bits per heavy atom. The van der Waals surface area contributed by atoms with Crippen LogP contribution < -0.4 is 5.32 Å². The van der Waals surface area contributed by atoms with E-state index in [-0.39, 0.29) is 0 Å². The number of rotatable bonds is 5. The first-order valence-electron chi connectivity index (χ1n) is 5.71. The van der Waals surface area contributed by atoms with Crippen LogP contribution >= 0.6 is 23.5 Å². The summed E-state index contributed by atoms with van der Waals surface area (Å²) in [6.45, 7) is 3.97. The highest BCUT2D eigenvalue weighted by Gasteiger charge is 2.20. The highest BCUT2D eigenvalue weighted by Crippen LogP contribution is 2.29. The molecule has 94 valence electrons. The fourth-order valence-electron chi connectivity index (χ4n) is 1.79. The van der Waals surface area contributed by atoms with Gasteiger partial charge in [0.15, 0.2) is 0 Å². The second-order valence-electron chi connectivity index (χ2n) is 3.88. The first kappa shape index (κ1) is 13.0. The first-order valence-corrected chi connectivity index (χ1v) is 7.42. The van der Waals surface area contributed by atoms with Crippen molar-refractivity contribution in [2.75, 3.05) is 26.0 Å². The molecule has 0 aromatic carbocycles. The van der Waals surface area contributed by atoms with E-state index in [1.807, 2.05) is 0 Å². The maximum Gasteiger partial charge on any atom is 0.138 e. The molecule has 1 unspecified atom stereocenters. The van der Waals surface area contributed by atoms with Gasteiger partial charge in [-0.15, -0.1) is 11.8 Å². The summed E-state index contributed by atoms with van der Waals surface area (Å²) in [6.07, 6.45) is 3.34. The van der Waals surface area contributed by atoms with Crippen molar-refractivity contribution in [3.8, 4) is 0 Å². The van der Waals surface area contributed by atoms with Crippen molar-refractivity contribution in [1.29, 1.82) is 0 Å². The van der Waals surface area contributed by atoms with Crippen LogP contribution in [-0.2, 0) is 4.74 Å². The van der Waals surface area contributed by atoms with Gasteiger partial charge < -0.3 is 10.1 Å². The number of methoxy groups -OCH3 is 1. The van der Waals surface area contributed by atoms with Gasteiger partial charge in [0.1, 0.15) is 10.7 Å². The minimum atomic E-state index is 0.370. The quantitative estimate of drug-likeness (QED) is 0.656. The van der Waals surface area contributed by atoms with Gasteiger partial charge in [0, 0.05) is 18.9 Å². The SMILES string of the molecule is COCCSc1nsnc1C1=CCCNC1C. The van der Waals surface area contributed by atoms with Crippen LogP contribution in [0.1, 0.15) is 19.0 Å². The number of nitrogens with zero attached hydrogens (tertiary/aromatic N) is 2. The topological polar surface area (TPSA) is 47.0 Å². The highest BCUT2D eigenvalue weighted by atomic mass is 32.2. The molecule has 0 aliphatic carbocycles. The Morgan fingerprint density at radius 2 is 2.47 bits per heavy atom. The Morgan fingerprint density at radius 1 is 1.59 bits per heavy atom. The van der Waals surface area contributed by atoms with E-state index in [2.05, 4.69) is 27.1 Å². The second-order valence-corrected chi connectivity index (χ2v) is 5.50. The largest absolute Gasteiger partial charge is 0.384 e. The van der Waals surface area contributed by atoms with E-state index >= 15 is 0 Å². The monoisotopic (exact) mass is 271 g/mol. The second kappa shape index (κ2) is 6.49. The van der Waals surface area contributed by atoms with Crippen LogP contribution in [0.4, 0.5) is 0 Å². The molecule has 6 heteroatoms. The van der Waals surface area contributed by atoms with Gasteiger partial charge in [0.2, 0.25) is 0 Å². The predicted octanol–water partition coefficient (Wildman–Crippen LogP) is 2.04. The molecular formula is C11H17N3OS2. The van der Waals surface area contributed by atoms with Crippen LogP contribution in [-0.4, -0.2) is 40.8 Å². The molecule has 1 atom stereocenters. The maximum absolute atomic E-state index is 5.05. The number of nitrogens with one attached hydrogen (secondary N) is 1. The van der Waals surface area contributed by atoms with Crippen LogP contribution in [0.25, 0.3) is 5.57 Å². The lowest BCUT2D eigenvalue weighted by atomic mass is 10.0. The molecule has 0 fully saturated rings. The molecule has 0 saturated carbocycles. The summed E-state index contributed by atoms with van der Waals surface area (Å²) < 4.78 is 13.9. The summed E-state index contributed by atoms with van der Waals surface area (Å²) in [5.41, 5.74) is 2.33. The van der Waals surface area contributed by atoms with Crippen molar-refractivity contribution in [2.45, 2.75) is 24.4 Å². The van der Waals surface area contributed by atoms with Crippen molar-refractivity contribution >= 4 is 29.1 Å². The molecule has 1 aromatic rings. The molecule has 0 radical (unpaired) electrons. The lowest BCUT2D eigenvalue weighted by Gasteiger charge is -2.21. The van der Waals surface area contributed by atoms with E-state index in [4.69, 9.17) is 4.74 Å². The standard InChI is InChI=1S/C11H17N3OS2/c1-8-9(4-3-5-12-8)10-11(14-17-13-10)16-7-6-15-2/h4,8,12H,3,5-7H2,1-2H3. The summed E-state index contributed by atoms with van der Waals surface area (Å²) in [5.74, 6) is 0.921. The predicted molar refractivity (Wildman–Crippen MR) is 72.6 cm³/mol. The van der Waals surface area contributed by atoms with E-state index in [1.165, 1.54) is 17.3 Å². The molecule has 1 aromatic heterocycles. The van der Waals surface area contributed by atoms with Gasteiger partial charge >= 0.3 is 0 Å². The Bertz CT molecular complexity index is 392. The van der Waals surface area contributed by atoms with Gasteiger partial charge in [-0.1, -0.05) is 6.08 Å². The summed E-state index contributed by atoms with van der Waals surface area (Å²) in [7, 11) is 1.72. The molecule has 2 rings (SSSR count). The molecule has 1 aliphatic heterocycles. The smallest absolute Gasteiger partial charge is 0.138 e. The van der Waals surface area contributed by atoms with Crippen molar-refractivity contribution in [3.63, 3.8) is 0 Å². The fourth-order valence-corrected chi connectivity index (χ4v) is 3.38. The number of hydrogen-bond donors (Lipinski definition) is 1. The van der Waals surface area contributed by atoms with Crippen molar-refractivity contribution in [2.24, 2.45) is 0 Å². The molecule has 2 heterocycles. The summed E-state index contributed by atoms with van der Waals surface area (Å²) in [5, 5.41) is 4.49. The van der Waals surface area contributed by atoms with Crippen molar-refractivity contribution in [3.05, 3.63) is 11.8 Å². The molecule has 17 heavy (non-hydrogen) atoms. The highest BCUT2D eigenvalue weighted by molar-refractivity contribution is 7.99. The molecule has 0 amide bonds. The zero-order valence-corrected chi connectivity index (χ0v) is 11.7.